The smallest absolute Gasteiger partial charge is 0.322 e. The molecule has 0 bridgehead atoms. The molecule has 0 radical (unpaired) electrons. The van der Waals surface area contributed by atoms with Crippen molar-refractivity contribution in [2.24, 2.45) is 0 Å². The van der Waals surface area contributed by atoms with Crippen molar-refractivity contribution >= 4 is 44.9 Å². The third-order valence-electron chi connectivity index (χ3n) is 4.62. The first-order chi connectivity index (χ1) is 16.1. The summed E-state index contributed by atoms with van der Waals surface area (Å²) >= 11 is 11.8. The number of rotatable bonds is 9. The van der Waals surface area contributed by atoms with Crippen molar-refractivity contribution < 1.29 is 17.9 Å². The zero-order valence-electron chi connectivity index (χ0n) is 18.7. The summed E-state index contributed by atoms with van der Waals surface area (Å²) in [5, 5.41) is 13.9. The highest BCUT2D eigenvalue weighted by atomic mass is 35.5. The second kappa shape index (κ2) is 11.0. The molecule has 1 aromatic heterocycles. The fourth-order valence-electron chi connectivity index (χ4n) is 3.07. The van der Waals surface area contributed by atoms with Gasteiger partial charge < -0.3 is 15.4 Å². The second-order valence-corrected chi connectivity index (χ2v) is 9.65. The number of hydrogen-bond acceptors (Lipinski definition) is 6. The van der Waals surface area contributed by atoms with Crippen LogP contribution in [0.3, 0.4) is 0 Å². The van der Waals surface area contributed by atoms with Crippen molar-refractivity contribution in [2.45, 2.75) is 38.3 Å². The van der Waals surface area contributed by atoms with Gasteiger partial charge in [0.05, 0.1) is 21.0 Å². The quantitative estimate of drug-likeness (QED) is 0.374. The maximum atomic E-state index is 12.8. The summed E-state index contributed by atoms with van der Waals surface area (Å²) in [5.74, 6) is 0.782. The predicted octanol–water partition coefficient (Wildman–Crippen LogP) is 4.58. The van der Waals surface area contributed by atoms with Crippen LogP contribution < -0.4 is 20.1 Å². The monoisotopic (exact) mass is 526 g/mol. The molecule has 0 saturated heterocycles. The van der Waals surface area contributed by atoms with Crippen LogP contribution in [0.5, 0.6) is 11.8 Å². The normalized spacial score (nSPS) is 12.3. The van der Waals surface area contributed by atoms with Crippen LogP contribution in [0.15, 0.2) is 47.4 Å². The van der Waals surface area contributed by atoms with Crippen molar-refractivity contribution in [3.8, 4) is 11.8 Å². The Morgan fingerprint density at radius 1 is 1.12 bits per heavy atom. The summed E-state index contributed by atoms with van der Waals surface area (Å²) in [6.07, 6.45) is 0. The molecule has 0 aliphatic rings. The highest BCUT2D eigenvalue weighted by Gasteiger charge is 2.24. The fraction of sp³-hybridized carbons (Fsp3) is 0.286. The Hall–Kier alpha value is -2.86. The van der Waals surface area contributed by atoms with Crippen molar-refractivity contribution in [1.29, 1.82) is 0 Å². The standard InChI is InChI=1S/C21H24Cl2N6O4S/c1-4-24-20(30)25-14-7-6-8-15(11-14)33-21-27-26-19(29(21)5-2)13(3)28-34(31,32)16-9-10-17(22)18(23)12-16/h6-13,28H,4-5H2,1-3H3,(H2,24,25,30). The van der Waals surface area contributed by atoms with Crippen LogP contribution in [0.4, 0.5) is 10.5 Å². The highest BCUT2D eigenvalue weighted by molar-refractivity contribution is 7.89. The lowest BCUT2D eigenvalue weighted by Gasteiger charge is -2.16. The van der Waals surface area contributed by atoms with Gasteiger partial charge in [0.2, 0.25) is 10.0 Å². The molecule has 3 N–H and O–H groups in total. The molecule has 0 aliphatic heterocycles. The Morgan fingerprint density at radius 2 is 1.88 bits per heavy atom. The highest BCUT2D eigenvalue weighted by Crippen LogP contribution is 2.28. The number of urea groups is 1. The number of halogens is 2. The van der Waals surface area contributed by atoms with Crippen LogP contribution in [0.25, 0.3) is 0 Å². The number of carbonyl (C=O) groups excluding carboxylic acids is 1. The summed E-state index contributed by atoms with van der Waals surface area (Å²) in [5.41, 5.74) is 0.536. The average molecular weight is 527 g/mol. The van der Waals surface area contributed by atoms with Crippen LogP contribution in [0.2, 0.25) is 10.0 Å². The first kappa shape index (κ1) is 25.8. The summed E-state index contributed by atoms with van der Waals surface area (Å²) in [6, 6.07) is 9.96. The van der Waals surface area contributed by atoms with Gasteiger partial charge in [-0.05, 0) is 51.1 Å². The largest absolute Gasteiger partial charge is 0.424 e. The minimum atomic E-state index is -3.90. The molecule has 13 heteroatoms. The Morgan fingerprint density at radius 3 is 2.56 bits per heavy atom. The van der Waals surface area contributed by atoms with Crippen LogP contribution in [-0.4, -0.2) is 35.8 Å². The molecule has 1 unspecified atom stereocenters. The number of sulfonamides is 1. The van der Waals surface area contributed by atoms with E-state index in [0.29, 0.717) is 30.4 Å². The summed E-state index contributed by atoms with van der Waals surface area (Å²) in [6.45, 7) is 6.24. The van der Waals surface area contributed by atoms with Gasteiger partial charge in [-0.3, -0.25) is 4.57 Å². The Kier molecular flexibility index (Phi) is 8.37. The molecular weight excluding hydrogens is 503 g/mol. The van der Waals surface area contributed by atoms with E-state index >= 15 is 0 Å². The van der Waals surface area contributed by atoms with Gasteiger partial charge in [0.15, 0.2) is 5.82 Å². The molecule has 0 aliphatic carbocycles. The van der Waals surface area contributed by atoms with E-state index in [1.54, 1.807) is 35.8 Å². The van der Waals surface area contributed by atoms with E-state index in [-0.39, 0.29) is 27.0 Å². The number of anilines is 1. The van der Waals surface area contributed by atoms with Crippen LogP contribution >= 0.6 is 23.2 Å². The Bertz CT molecular complexity index is 1280. The first-order valence-electron chi connectivity index (χ1n) is 10.4. The molecule has 1 atom stereocenters. The van der Waals surface area contributed by atoms with Gasteiger partial charge in [-0.1, -0.05) is 34.4 Å². The van der Waals surface area contributed by atoms with E-state index in [4.69, 9.17) is 27.9 Å². The van der Waals surface area contributed by atoms with Crippen LogP contribution in [-0.2, 0) is 16.6 Å². The number of aromatic nitrogens is 3. The molecule has 0 saturated carbocycles. The number of benzene rings is 2. The van der Waals surface area contributed by atoms with Gasteiger partial charge in [-0.25, -0.2) is 17.9 Å². The fourth-order valence-corrected chi connectivity index (χ4v) is 4.66. The first-order valence-corrected chi connectivity index (χ1v) is 12.6. The molecule has 34 heavy (non-hydrogen) atoms. The van der Waals surface area contributed by atoms with Crippen molar-refractivity contribution in [3.63, 3.8) is 0 Å². The summed E-state index contributed by atoms with van der Waals surface area (Å²) < 4.78 is 35.7. The lowest BCUT2D eigenvalue weighted by molar-refractivity contribution is 0.252. The number of ether oxygens (including phenoxy) is 1. The lowest BCUT2D eigenvalue weighted by Crippen LogP contribution is -2.29. The molecule has 3 rings (SSSR count). The van der Waals surface area contributed by atoms with Crippen molar-refractivity contribution in [3.05, 3.63) is 58.3 Å². The van der Waals surface area contributed by atoms with Gasteiger partial charge in [0.25, 0.3) is 0 Å². The third-order valence-corrected chi connectivity index (χ3v) is 6.90. The van der Waals surface area contributed by atoms with Gasteiger partial charge in [0, 0.05) is 24.8 Å². The van der Waals surface area contributed by atoms with Gasteiger partial charge in [-0.2, -0.15) is 0 Å². The van der Waals surface area contributed by atoms with Crippen molar-refractivity contribution in [1.82, 2.24) is 24.8 Å². The van der Waals surface area contributed by atoms with E-state index < -0.39 is 16.1 Å². The van der Waals surface area contributed by atoms with Gasteiger partial charge >= 0.3 is 12.0 Å². The van der Waals surface area contributed by atoms with E-state index in [1.807, 2.05) is 13.8 Å². The molecule has 2 aromatic carbocycles. The number of nitrogens with one attached hydrogen (secondary N) is 3. The molecule has 3 aromatic rings. The lowest BCUT2D eigenvalue weighted by atomic mass is 10.3. The topological polar surface area (TPSA) is 127 Å². The zero-order chi connectivity index (χ0) is 24.9. The molecule has 1 heterocycles. The summed E-state index contributed by atoms with van der Waals surface area (Å²) in [4.78, 5) is 11.7. The average Bonchev–Trinajstić information content (AvgIpc) is 3.18. The molecule has 2 amide bonds. The number of carbonyl (C=O) groups is 1. The number of nitrogens with zero attached hydrogens (tertiary/aromatic N) is 3. The number of amides is 2. The summed E-state index contributed by atoms with van der Waals surface area (Å²) in [7, 11) is -3.90. The SMILES string of the molecule is CCNC(=O)Nc1cccc(Oc2nnc(C(C)NS(=O)(=O)c3ccc(Cl)c(Cl)c3)n2CC)c1. The minimum absolute atomic E-state index is 0.0239. The molecule has 182 valence electrons. The second-order valence-electron chi connectivity index (χ2n) is 7.12. The maximum Gasteiger partial charge on any atom is 0.322 e. The van der Waals surface area contributed by atoms with Crippen LogP contribution in [0, 0.1) is 0 Å². The third kappa shape index (κ3) is 6.17. The minimum Gasteiger partial charge on any atom is -0.424 e. The molecular formula is C21H24Cl2N6O4S. The van der Waals surface area contributed by atoms with Crippen molar-refractivity contribution in [2.75, 3.05) is 11.9 Å². The van der Waals surface area contributed by atoms with E-state index in [0.717, 1.165) is 0 Å². The van der Waals surface area contributed by atoms with E-state index in [1.165, 1.54) is 18.2 Å². The van der Waals surface area contributed by atoms with Crippen LogP contribution in [0.1, 0.15) is 32.6 Å². The molecule has 0 fully saturated rings. The Labute approximate surface area is 207 Å². The van der Waals surface area contributed by atoms with Gasteiger partial charge in [-0.15, -0.1) is 5.10 Å². The maximum absolute atomic E-state index is 12.8. The van der Waals surface area contributed by atoms with E-state index in [2.05, 4.69) is 25.6 Å². The Balaban J connectivity index is 1.78. The zero-order valence-corrected chi connectivity index (χ0v) is 21.0. The van der Waals surface area contributed by atoms with E-state index in [9.17, 15) is 13.2 Å². The van der Waals surface area contributed by atoms with Gasteiger partial charge in [0.1, 0.15) is 5.75 Å². The number of hydrogen-bond donors (Lipinski definition) is 3. The molecule has 0 spiro atoms. The predicted molar refractivity (Wildman–Crippen MR) is 130 cm³/mol. The molecule has 10 nitrogen and oxygen atoms in total.